The molecule has 3 rings (SSSR count). The van der Waals surface area contributed by atoms with Crippen molar-refractivity contribution in [1.29, 1.82) is 0 Å². The van der Waals surface area contributed by atoms with Crippen LogP contribution in [0.3, 0.4) is 0 Å². The van der Waals surface area contributed by atoms with Crippen LogP contribution in [0.1, 0.15) is 16.2 Å². The van der Waals surface area contributed by atoms with Gasteiger partial charge in [0, 0.05) is 24.7 Å². The topological polar surface area (TPSA) is 113 Å². The number of nitrogens with one attached hydrogen (secondary N) is 1. The van der Waals surface area contributed by atoms with Gasteiger partial charge in [0.15, 0.2) is 5.75 Å². The van der Waals surface area contributed by atoms with Crippen LogP contribution in [-0.2, 0) is 16.0 Å². The Hall–Kier alpha value is -3.75. The average Bonchev–Trinajstić information content (AvgIpc) is 2.73. The summed E-state index contributed by atoms with van der Waals surface area (Å²) >= 11 is 0. The number of methoxy groups -OCH3 is 2. The zero-order chi connectivity index (χ0) is 20.1. The Balaban J connectivity index is 1.94. The molecule has 0 unspecified atom stereocenters. The summed E-state index contributed by atoms with van der Waals surface area (Å²) in [5, 5.41) is 3.20. The van der Waals surface area contributed by atoms with Gasteiger partial charge in [0.25, 0.3) is 5.91 Å². The van der Waals surface area contributed by atoms with Crippen molar-refractivity contribution in [2.24, 2.45) is 0 Å². The fraction of sp³-hybridized carbons (Fsp3) is 0.211. The van der Waals surface area contributed by atoms with E-state index in [-0.39, 0.29) is 12.3 Å². The molecule has 0 aliphatic heterocycles. The van der Waals surface area contributed by atoms with E-state index in [1.807, 2.05) is 0 Å². The van der Waals surface area contributed by atoms with Crippen LogP contribution in [0, 0.1) is 0 Å². The first-order valence-corrected chi connectivity index (χ1v) is 8.30. The third-order valence-corrected chi connectivity index (χ3v) is 3.93. The van der Waals surface area contributed by atoms with E-state index in [9.17, 15) is 9.59 Å². The van der Waals surface area contributed by atoms with Gasteiger partial charge >= 0.3 is 5.97 Å². The summed E-state index contributed by atoms with van der Waals surface area (Å²) in [6, 6.07) is 5.00. The highest BCUT2D eigenvalue weighted by Crippen LogP contribution is 2.32. The number of amides is 1. The van der Waals surface area contributed by atoms with Crippen LogP contribution in [0.15, 0.2) is 36.8 Å². The van der Waals surface area contributed by atoms with Gasteiger partial charge in [-0.3, -0.25) is 14.6 Å². The molecule has 0 aliphatic rings. The SMILES string of the molecule is CNC(=O)c1cc2c(Oc3cnc(CC(=O)OC)nc3)ccnc2cc1OC. The van der Waals surface area contributed by atoms with Crippen LogP contribution in [-0.4, -0.2) is 48.1 Å². The monoisotopic (exact) mass is 382 g/mol. The minimum atomic E-state index is -0.426. The second-order valence-corrected chi connectivity index (χ2v) is 5.65. The van der Waals surface area contributed by atoms with Gasteiger partial charge in [-0.2, -0.15) is 0 Å². The first kappa shape index (κ1) is 19.0. The summed E-state index contributed by atoms with van der Waals surface area (Å²) in [4.78, 5) is 35.9. The van der Waals surface area contributed by atoms with Crippen LogP contribution in [0.25, 0.3) is 10.9 Å². The summed E-state index contributed by atoms with van der Waals surface area (Å²) in [6.07, 6.45) is 4.48. The Morgan fingerprint density at radius 2 is 1.82 bits per heavy atom. The van der Waals surface area contributed by atoms with Crippen molar-refractivity contribution in [1.82, 2.24) is 20.3 Å². The summed E-state index contributed by atoms with van der Waals surface area (Å²) in [5.41, 5.74) is 0.963. The molecule has 3 aromatic rings. The predicted molar refractivity (Wildman–Crippen MR) is 99.5 cm³/mol. The second-order valence-electron chi connectivity index (χ2n) is 5.65. The number of carbonyl (C=O) groups is 2. The molecule has 9 nitrogen and oxygen atoms in total. The highest BCUT2D eigenvalue weighted by atomic mass is 16.5. The Morgan fingerprint density at radius 3 is 2.46 bits per heavy atom. The lowest BCUT2D eigenvalue weighted by Crippen LogP contribution is -2.18. The number of aromatic nitrogens is 3. The zero-order valence-electron chi connectivity index (χ0n) is 15.6. The van der Waals surface area contributed by atoms with E-state index < -0.39 is 5.97 Å². The lowest BCUT2D eigenvalue weighted by Gasteiger charge is -2.12. The van der Waals surface area contributed by atoms with Crippen LogP contribution in [0.5, 0.6) is 17.2 Å². The van der Waals surface area contributed by atoms with Gasteiger partial charge in [-0.15, -0.1) is 0 Å². The largest absolute Gasteiger partial charge is 0.496 e. The molecule has 9 heteroatoms. The molecule has 0 bridgehead atoms. The number of ether oxygens (including phenoxy) is 3. The molecular formula is C19H18N4O5. The number of benzene rings is 1. The van der Waals surface area contributed by atoms with Crippen LogP contribution in [0.2, 0.25) is 0 Å². The molecule has 1 N–H and O–H groups in total. The van der Waals surface area contributed by atoms with Gasteiger partial charge < -0.3 is 19.5 Å². The molecular weight excluding hydrogens is 364 g/mol. The van der Waals surface area contributed by atoms with E-state index in [1.54, 1.807) is 31.4 Å². The van der Waals surface area contributed by atoms with Crippen molar-refractivity contribution in [2.75, 3.05) is 21.3 Å². The van der Waals surface area contributed by atoms with Crippen molar-refractivity contribution in [3.05, 3.63) is 48.2 Å². The van der Waals surface area contributed by atoms with Crippen LogP contribution >= 0.6 is 0 Å². The molecule has 28 heavy (non-hydrogen) atoms. The minimum absolute atomic E-state index is 0.0236. The van der Waals surface area contributed by atoms with Gasteiger partial charge in [-0.05, 0) is 12.1 Å². The number of carbonyl (C=O) groups excluding carboxylic acids is 2. The molecule has 0 fully saturated rings. The van der Waals surface area contributed by atoms with Gasteiger partial charge in [0.1, 0.15) is 23.7 Å². The molecule has 144 valence electrons. The average molecular weight is 382 g/mol. The van der Waals surface area contributed by atoms with Crippen molar-refractivity contribution in [3.8, 4) is 17.2 Å². The number of pyridine rings is 1. The smallest absolute Gasteiger partial charge is 0.313 e. The second kappa shape index (κ2) is 8.30. The maximum atomic E-state index is 12.1. The third kappa shape index (κ3) is 3.98. The summed E-state index contributed by atoms with van der Waals surface area (Å²) in [6.45, 7) is 0. The number of fused-ring (bicyclic) bond motifs is 1. The van der Waals surface area contributed by atoms with Gasteiger partial charge in [-0.25, -0.2) is 9.97 Å². The molecule has 0 radical (unpaired) electrons. The first-order valence-electron chi connectivity index (χ1n) is 8.30. The minimum Gasteiger partial charge on any atom is -0.496 e. The first-order chi connectivity index (χ1) is 13.5. The van der Waals surface area contributed by atoms with E-state index in [0.717, 1.165) is 0 Å². The lowest BCUT2D eigenvalue weighted by molar-refractivity contribution is -0.139. The number of nitrogens with zero attached hydrogens (tertiary/aromatic N) is 3. The predicted octanol–water partition coefficient (Wildman–Crippen LogP) is 1.90. The van der Waals surface area contributed by atoms with Gasteiger partial charge in [-0.1, -0.05) is 0 Å². The summed E-state index contributed by atoms with van der Waals surface area (Å²) < 4.78 is 15.7. The van der Waals surface area contributed by atoms with Crippen molar-refractivity contribution in [2.45, 2.75) is 6.42 Å². The molecule has 2 aromatic heterocycles. The van der Waals surface area contributed by atoms with E-state index in [2.05, 4.69) is 25.0 Å². The standard InChI is InChI=1S/C19H18N4O5/c1-20-19(25)13-6-12-14(7-16(13)26-2)21-5-4-15(12)28-11-9-22-17(23-10-11)8-18(24)27-3/h4-7,9-10H,8H2,1-3H3,(H,20,25). The Kier molecular flexibility index (Phi) is 5.64. The maximum absolute atomic E-state index is 12.1. The molecule has 0 atom stereocenters. The Bertz CT molecular complexity index is 1020. The number of esters is 1. The molecule has 0 spiro atoms. The molecule has 1 aromatic carbocycles. The van der Waals surface area contributed by atoms with Gasteiger partial charge in [0.2, 0.25) is 0 Å². The van der Waals surface area contributed by atoms with Gasteiger partial charge in [0.05, 0.1) is 37.7 Å². The Morgan fingerprint density at radius 1 is 1.07 bits per heavy atom. The van der Waals surface area contributed by atoms with E-state index in [1.165, 1.54) is 26.6 Å². The van der Waals surface area contributed by atoms with E-state index in [4.69, 9.17) is 9.47 Å². The quantitative estimate of drug-likeness (QED) is 0.643. The van der Waals surface area contributed by atoms with Crippen molar-refractivity contribution in [3.63, 3.8) is 0 Å². The van der Waals surface area contributed by atoms with Crippen LogP contribution < -0.4 is 14.8 Å². The normalized spacial score (nSPS) is 10.4. The molecule has 0 aliphatic carbocycles. The fourth-order valence-corrected chi connectivity index (χ4v) is 2.53. The lowest BCUT2D eigenvalue weighted by atomic mass is 10.1. The third-order valence-electron chi connectivity index (χ3n) is 3.93. The highest BCUT2D eigenvalue weighted by molar-refractivity contribution is 6.02. The highest BCUT2D eigenvalue weighted by Gasteiger charge is 2.16. The van der Waals surface area contributed by atoms with Crippen LogP contribution in [0.4, 0.5) is 0 Å². The molecule has 0 saturated carbocycles. The Labute approximate surface area is 160 Å². The maximum Gasteiger partial charge on any atom is 0.313 e. The number of hydrogen-bond donors (Lipinski definition) is 1. The van der Waals surface area contributed by atoms with E-state index >= 15 is 0 Å². The molecule has 0 saturated heterocycles. The van der Waals surface area contributed by atoms with Crippen molar-refractivity contribution >= 4 is 22.8 Å². The van der Waals surface area contributed by atoms with Crippen molar-refractivity contribution < 1.29 is 23.8 Å². The molecule has 2 heterocycles. The number of hydrogen-bond acceptors (Lipinski definition) is 8. The summed E-state index contributed by atoms with van der Waals surface area (Å²) in [7, 11) is 4.33. The molecule has 1 amide bonds. The summed E-state index contributed by atoms with van der Waals surface area (Å²) in [5.74, 6) is 0.867. The number of rotatable bonds is 6. The fourth-order valence-electron chi connectivity index (χ4n) is 2.53. The zero-order valence-corrected chi connectivity index (χ0v) is 15.6. The van der Waals surface area contributed by atoms with E-state index in [0.29, 0.717) is 39.5 Å².